The van der Waals surface area contributed by atoms with Crippen LogP contribution in [0.4, 0.5) is 17.6 Å². The van der Waals surface area contributed by atoms with Crippen LogP contribution in [0.1, 0.15) is 13.8 Å². The normalized spacial score (nSPS) is 19.0. The highest BCUT2D eigenvalue weighted by molar-refractivity contribution is 14.1. The molecule has 6 heteroatoms. The molecule has 0 N–H and O–H groups in total. The summed E-state index contributed by atoms with van der Waals surface area (Å²) in [5.74, 6) is -7.87. The van der Waals surface area contributed by atoms with Gasteiger partial charge in [0, 0.05) is 0 Å². The summed E-state index contributed by atoms with van der Waals surface area (Å²) >= 11 is 2.62. The third-order valence-electron chi connectivity index (χ3n) is 1.44. The van der Waals surface area contributed by atoms with E-state index in [0.717, 1.165) is 13.8 Å². The molecular weight excluding hydrogens is 402 g/mol. The van der Waals surface area contributed by atoms with Crippen LogP contribution in [-0.2, 0) is 0 Å². The Morgan fingerprint density at radius 3 is 1.08 bits per heavy atom. The van der Waals surface area contributed by atoms with Crippen molar-refractivity contribution in [2.45, 2.75) is 33.5 Å². The van der Waals surface area contributed by atoms with Gasteiger partial charge >= 0.3 is 11.8 Å². The molecule has 0 saturated heterocycles. The second-order valence-electron chi connectivity index (χ2n) is 2.48. The van der Waals surface area contributed by atoms with Crippen LogP contribution in [-0.4, -0.2) is 19.7 Å². The molecule has 12 heavy (non-hydrogen) atoms. The molecule has 0 rings (SSSR count). The van der Waals surface area contributed by atoms with E-state index in [1.807, 2.05) is 0 Å². The van der Waals surface area contributed by atoms with Crippen molar-refractivity contribution in [3.63, 3.8) is 0 Å². The van der Waals surface area contributed by atoms with Crippen LogP contribution in [0.2, 0.25) is 0 Å². The molecule has 0 radical (unpaired) electrons. The summed E-state index contributed by atoms with van der Waals surface area (Å²) in [6.45, 7) is 2.15. The third kappa shape index (κ3) is 2.36. The van der Waals surface area contributed by atoms with Gasteiger partial charge in [0.1, 0.15) is 0 Å². The topological polar surface area (TPSA) is 0 Å². The third-order valence-corrected chi connectivity index (χ3v) is 3.01. The summed E-state index contributed by atoms with van der Waals surface area (Å²) in [5, 5.41) is 0. The summed E-state index contributed by atoms with van der Waals surface area (Å²) < 4.78 is 48.5. The smallest absolute Gasteiger partial charge is 0.199 e. The molecule has 0 spiro atoms. The van der Waals surface area contributed by atoms with Gasteiger partial charge in [0.05, 0.1) is 7.85 Å². The minimum Gasteiger partial charge on any atom is -0.199 e. The van der Waals surface area contributed by atoms with E-state index >= 15 is 0 Å². The lowest BCUT2D eigenvalue weighted by molar-refractivity contribution is -0.199. The van der Waals surface area contributed by atoms with Gasteiger partial charge < -0.3 is 0 Å². The first-order valence-electron chi connectivity index (χ1n) is 3.17. The molecule has 0 fully saturated rings. The molecule has 0 aliphatic carbocycles. The average Bonchev–Trinajstić information content (AvgIpc) is 1.86. The quantitative estimate of drug-likeness (QED) is 0.377. The molecule has 0 aromatic heterocycles. The molecule has 0 saturated carbocycles. The van der Waals surface area contributed by atoms with Crippen molar-refractivity contribution in [2.24, 2.45) is 0 Å². The van der Waals surface area contributed by atoms with Gasteiger partial charge in [-0.3, -0.25) is 0 Å². The predicted octanol–water partition coefficient (Wildman–Crippen LogP) is 3.90. The zero-order chi connectivity index (χ0) is 10.2. The Kier molecular flexibility index (Phi) is 4.55. The summed E-state index contributed by atoms with van der Waals surface area (Å²) in [6, 6.07) is 0. The molecule has 74 valence electrons. The van der Waals surface area contributed by atoms with Crippen LogP contribution in [0, 0.1) is 0 Å². The molecule has 0 heterocycles. The molecule has 0 aromatic rings. The maximum Gasteiger partial charge on any atom is 0.322 e. The minimum atomic E-state index is -3.94. The first kappa shape index (κ1) is 13.2. The van der Waals surface area contributed by atoms with Crippen LogP contribution in [0.15, 0.2) is 0 Å². The first-order chi connectivity index (χ1) is 5.14. The van der Waals surface area contributed by atoms with Crippen molar-refractivity contribution in [2.75, 3.05) is 0 Å². The minimum absolute atomic E-state index is 1.08. The molecule has 0 nitrogen and oxygen atoms in total. The van der Waals surface area contributed by atoms with Crippen molar-refractivity contribution >= 4 is 45.2 Å². The van der Waals surface area contributed by atoms with Gasteiger partial charge in [-0.25, -0.2) is 0 Å². The Morgan fingerprint density at radius 1 is 0.833 bits per heavy atom. The molecule has 0 aliphatic heterocycles. The number of alkyl halides is 6. The van der Waals surface area contributed by atoms with Gasteiger partial charge in [-0.2, -0.15) is 17.6 Å². The lowest BCUT2D eigenvalue weighted by atomic mass is 10.1. The van der Waals surface area contributed by atoms with Gasteiger partial charge in [-0.05, 0) is 13.8 Å². The molecule has 0 aliphatic rings. The largest absolute Gasteiger partial charge is 0.322 e. The predicted molar refractivity (Wildman–Crippen MR) is 56.9 cm³/mol. The average molecular weight is 410 g/mol. The molecule has 0 aromatic carbocycles. The fourth-order valence-corrected chi connectivity index (χ4v) is 1.36. The number of rotatable bonds is 3. The Morgan fingerprint density at radius 2 is 1.00 bits per heavy atom. The SMILES string of the molecule is CC(I)C(F)(F)C(F)(F)C(C)I. The lowest BCUT2D eigenvalue weighted by Gasteiger charge is -2.30. The van der Waals surface area contributed by atoms with Crippen LogP contribution in [0.3, 0.4) is 0 Å². The highest BCUT2D eigenvalue weighted by Crippen LogP contribution is 2.44. The van der Waals surface area contributed by atoms with Gasteiger partial charge in [-0.1, -0.05) is 45.2 Å². The maximum absolute atomic E-state index is 12.8. The molecule has 0 bridgehead atoms. The zero-order valence-corrected chi connectivity index (χ0v) is 10.7. The van der Waals surface area contributed by atoms with E-state index in [0.29, 0.717) is 0 Å². The fourth-order valence-electron chi connectivity index (χ4n) is 0.530. The Bertz CT molecular complexity index is 138. The van der Waals surface area contributed by atoms with E-state index < -0.39 is 19.7 Å². The van der Waals surface area contributed by atoms with E-state index in [2.05, 4.69) is 0 Å². The van der Waals surface area contributed by atoms with Crippen LogP contribution < -0.4 is 0 Å². The monoisotopic (exact) mass is 410 g/mol. The van der Waals surface area contributed by atoms with Gasteiger partial charge in [0.25, 0.3) is 0 Å². The van der Waals surface area contributed by atoms with E-state index in [1.165, 1.54) is 45.2 Å². The fraction of sp³-hybridized carbons (Fsp3) is 1.00. The molecular formula is C6H8F4I2. The summed E-state index contributed by atoms with van der Waals surface area (Å²) in [6.07, 6.45) is 0. The number of hydrogen-bond donors (Lipinski definition) is 0. The van der Waals surface area contributed by atoms with Crippen molar-refractivity contribution in [1.82, 2.24) is 0 Å². The summed E-state index contributed by atoms with van der Waals surface area (Å²) in [4.78, 5) is 0. The Balaban J connectivity index is 4.75. The van der Waals surface area contributed by atoms with E-state index in [4.69, 9.17) is 0 Å². The number of hydrogen-bond acceptors (Lipinski definition) is 0. The summed E-state index contributed by atoms with van der Waals surface area (Å²) in [5.41, 5.74) is 0. The zero-order valence-electron chi connectivity index (χ0n) is 6.42. The van der Waals surface area contributed by atoms with Crippen LogP contribution >= 0.6 is 45.2 Å². The van der Waals surface area contributed by atoms with Gasteiger partial charge in [-0.15, -0.1) is 0 Å². The first-order valence-corrected chi connectivity index (χ1v) is 5.67. The van der Waals surface area contributed by atoms with Crippen LogP contribution in [0.5, 0.6) is 0 Å². The van der Waals surface area contributed by atoms with Crippen molar-refractivity contribution < 1.29 is 17.6 Å². The highest BCUT2D eigenvalue weighted by Gasteiger charge is 2.61. The highest BCUT2D eigenvalue weighted by atomic mass is 127. The molecule has 2 atom stereocenters. The Hall–Kier alpha value is 1.18. The van der Waals surface area contributed by atoms with Gasteiger partial charge in [0.15, 0.2) is 0 Å². The van der Waals surface area contributed by atoms with E-state index in [9.17, 15) is 17.6 Å². The maximum atomic E-state index is 12.8. The van der Waals surface area contributed by atoms with E-state index in [-0.39, 0.29) is 0 Å². The van der Waals surface area contributed by atoms with E-state index in [1.54, 1.807) is 0 Å². The van der Waals surface area contributed by atoms with Crippen molar-refractivity contribution in [1.29, 1.82) is 0 Å². The van der Waals surface area contributed by atoms with Gasteiger partial charge in [0.2, 0.25) is 0 Å². The second-order valence-corrected chi connectivity index (χ2v) is 6.21. The standard InChI is InChI=1S/C6H8F4I2/c1-3(11)5(7,8)6(9,10)4(2)12/h3-4H,1-2H3. The van der Waals surface area contributed by atoms with Crippen LogP contribution in [0.25, 0.3) is 0 Å². The summed E-state index contributed by atoms with van der Waals surface area (Å²) in [7, 11) is 0. The molecule has 2 unspecified atom stereocenters. The number of halogens is 6. The Labute approximate surface area is 95.7 Å². The molecule has 0 amide bonds. The second kappa shape index (κ2) is 4.14. The van der Waals surface area contributed by atoms with Crippen molar-refractivity contribution in [3.8, 4) is 0 Å². The van der Waals surface area contributed by atoms with Crippen molar-refractivity contribution in [3.05, 3.63) is 0 Å². The lowest BCUT2D eigenvalue weighted by Crippen LogP contribution is -2.50.